The fourth-order valence-electron chi connectivity index (χ4n) is 3.81. The highest BCUT2D eigenvalue weighted by atomic mass is 32.2. The molecule has 0 saturated carbocycles. The van der Waals surface area contributed by atoms with Gasteiger partial charge >= 0.3 is 0 Å². The van der Waals surface area contributed by atoms with Crippen LogP contribution in [-0.4, -0.2) is 82.5 Å². The fourth-order valence-corrected chi connectivity index (χ4v) is 4.37. The Hall–Kier alpha value is -1.88. The van der Waals surface area contributed by atoms with Crippen LogP contribution in [0.1, 0.15) is 24.8 Å². The topological polar surface area (TPSA) is 112 Å². The number of fused-ring (bicyclic) bond motifs is 1. The van der Waals surface area contributed by atoms with Crippen LogP contribution < -0.4 is 14.8 Å². The van der Waals surface area contributed by atoms with Gasteiger partial charge in [-0.05, 0) is 25.2 Å². The lowest BCUT2D eigenvalue weighted by atomic mass is 9.82. The van der Waals surface area contributed by atoms with E-state index in [1.807, 2.05) is 7.05 Å². The Labute approximate surface area is 172 Å². The molecule has 3 rings (SSSR count). The highest BCUT2D eigenvalue weighted by Gasteiger charge is 2.42. The van der Waals surface area contributed by atoms with Gasteiger partial charge < -0.3 is 24.9 Å². The average Bonchev–Trinajstić information content (AvgIpc) is 2.68. The van der Waals surface area contributed by atoms with E-state index in [0.717, 1.165) is 45.3 Å². The van der Waals surface area contributed by atoms with E-state index in [9.17, 15) is 13.6 Å². The maximum absolute atomic E-state index is 11.5. The Morgan fingerprint density at radius 1 is 1.31 bits per heavy atom. The molecule has 1 aromatic carbocycles. The van der Waals surface area contributed by atoms with E-state index in [0.29, 0.717) is 42.3 Å². The van der Waals surface area contributed by atoms with Crippen LogP contribution in [-0.2, 0) is 14.8 Å². The van der Waals surface area contributed by atoms with Gasteiger partial charge in [-0.3, -0.25) is 4.72 Å². The summed E-state index contributed by atoms with van der Waals surface area (Å²) in [7, 11) is -1.48. The fraction of sp³-hybridized carbons (Fsp3) is 0.632. The minimum atomic E-state index is -3.39. The summed E-state index contributed by atoms with van der Waals surface area (Å²) in [6, 6.07) is 5.04. The average molecular weight is 427 g/mol. The molecular formula is C19H30N4O5S. The molecule has 1 saturated heterocycles. The predicted octanol–water partition coefficient (Wildman–Crippen LogP) is 1.09. The first-order valence-corrected chi connectivity index (χ1v) is 11.7. The maximum atomic E-state index is 11.5. The van der Waals surface area contributed by atoms with E-state index in [4.69, 9.17) is 9.47 Å². The minimum absolute atomic E-state index is 0.399. The molecule has 1 aromatic rings. The van der Waals surface area contributed by atoms with Crippen LogP contribution in [0.15, 0.2) is 23.4 Å². The molecule has 29 heavy (non-hydrogen) atoms. The number of sulfonamides is 1. The first kappa shape index (κ1) is 21.8. The molecule has 3 N–H and O–H groups in total. The number of hydrogen-bond acceptors (Lipinski definition) is 8. The molecule has 0 bridgehead atoms. The van der Waals surface area contributed by atoms with Gasteiger partial charge in [-0.2, -0.15) is 0 Å². The van der Waals surface area contributed by atoms with Crippen LogP contribution in [0, 0.1) is 0 Å². The van der Waals surface area contributed by atoms with E-state index in [1.165, 1.54) is 0 Å². The molecule has 2 aliphatic heterocycles. The van der Waals surface area contributed by atoms with Gasteiger partial charge in [-0.25, -0.2) is 8.42 Å². The van der Waals surface area contributed by atoms with Crippen LogP contribution in [0.4, 0.5) is 5.69 Å². The Bertz CT molecular complexity index is 835. The van der Waals surface area contributed by atoms with Crippen molar-refractivity contribution in [1.82, 2.24) is 10.2 Å². The Morgan fingerprint density at radius 3 is 2.72 bits per heavy atom. The second-order valence-electron chi connectivity index (χ2n) is 7.65. The third-order valence-corrected chi connectivity index (χ3v) is 5.95. The molecule has 1 fully saturated rings. The van der Waals surface area contributed by atoms with E-state index in [1.54, 1.807) is 18.2 Å². The van der Waals surface area contributed by atoms with Gasteiger partial charge in [0.2, 0.25) is 10.0 Å². The normalized spacial score (nSPS) is 20.4. The van der Waals surface area contributed by atoms with Crippen molar-refractivity contribution in [2.75, 3.05) is 57.4 Å². The van der Waals surface area contributed by atoms with E-state index in [2.05, 4.69) is 20.1 Å². The molecule has 9 nitrogen and oxygen atoms in total. The van der Waals surface area contributed by atoms with Crippen LogP contribution >= 0.6 is 0 Å². The molecule has 0 unspecified atom stereocenters. The number of oxime groups is 1. The number of likely N-dealkylation sites (tertiary alicyclic amines) is 1. The van der Waals surface area contributed by atoms with E-state index >= 15 is 0 Å². The molecule has 1 spiro atoms. The van der Waals surface area contributed by atoms with Crippen molar-refractivity contribution in [2.45, 2.75) is 24.9 Å². The van der Waals surface area contributed by atoms with Crippen LogP contribution in [0.3, 0.4) is 0 Å². The van der Waals surface area contributed by atoms with Gasteiger partial charge in [0.15, 0.2) is 0 Å². The molecule has 0 aliphatic carbocycles. The first-order valence-electron chi connectivity index (χ1n) is 9.81. The van der Waals surface area contributed by atoms with Gasteiger partial charge in [0.25, 0.3) is 0 Å². The Balaban J connectivity index is 1.63. The van der Waals surface area contributed by atoms with E-state index in [-0.39, 0.29) is 0 Å². The van der Waals surface area contributed by atoms with Crippen molar-refractivity contribution in [3.8, 4) is 5.75 Å². The third-order valence-electron chi connectivity index (χ3n) is 5.35. The molecule has 0 amide bonds. The van der Waals surface area contributed by atoms with Gasteiger partial charge in [0.05, 0.1) is 25.2 Å². The highest BCUT2D eigenvalue weighted by Crippen LogP contribution is 2.40. The molecule has 2 aliphatic rings. The number of piperidine rings is 1. The van der Waals surface area contributed by atoms with Crippen molar-refractivity contribution >= 4 is 21.4 Å². The molecule has 10 heteroatoms. The maximum Gasteiger partial charge on any atom is 0.229 e. The summed E-state index contributed by atoms with van der Waals surface area (Å²) >= 11 is 0. The largest absolute Gasteiger partial charge is 0.486 e. The molecule has 2 heterocycles. The second kappa shape index (κ2) is 9.29. The molecule has 0 aromatic heterocycles. The summed E-state index contributed by atoms with van der Waals surface area (Å²) in [5, 5.41) is 16.1. The van der Waals surface area contributed by atoms with Gasteiger partial charge in [0.1, 0.15) is 11.4 Å². The quantitative estimate of drug-likeness (QED) is 0.324. The first-order chi connectivity index (χ1) is 13.8. The number of nitrogens with zero attached hydrogens (tertiary/aromatic N) is 2. The zero-order valence-corrected chi connectivity index (χ0v) is 17.8. The number of hydrogen-bond donors (Lipinski definition) is 3. The Morgan fingerprint density at radius 2 is 2.07 bits per heavy atom. The van der Waals surface area contributed by atoms with Crippen molar-refractivity contribution < 1.29 is 23.1 Å². The number of anilines is 1. The molecule has 162 valence electrons. The van der Waals surface area contributed by atoms with Crippen LogP contribution in [0.25, 0.3) is 0 Å². The number of likely N-dealkylation sites (N-methyl/N-ethyl adjacent to an activating group) is 1. The lowest BCUT2D eigenvalue weighted by molar-refractivity contribution is -0.00501. The van der Waals surface area contributed by atoms with Crippen molar-refractivity contribution in [3.63, 3.8) is 0 Å². The monoisotopic (exact) mass is 426 g/mol. The van der Waals surface area contributed by atoms with E-state index < -0.39 is 15.6 Å². The summed E-state index contributed by atoms with van der Waals surface area (Å²) < 4.78 is 37.4. The standard InChI is InChI=1S/C19H30N4O5S/c1-20-7-11-27-12-10-23-8-5-19(6-9-23)14-17(21-24)16-13-15(22-29(2,25)26)3-4-18(16)28-19/h3-4,13,20,22,24H,5-12,14H2,1-2H3. The van der Waals surface area contributed by atoms with Crippen LogP contribution in [0.2, 0.25) is 0 Å². The number of ether oxygens (including phenoxy) is 2. The smallest absolute Gasteiger partial charge is 0.229 e. The lowest BCUT2D eigenvalue weighted by Gasteiger charge is -2.44. The highest BCUT2D eigenvalue weighted by molar-refractivity contribution is 7.92. The second-order valence-corrected chi connectivity index (χ2v) is 9.40. The predicted molar refractivity (Wildman–Crippen MR) is 112 cm³/mol. The Kier molecular flexibility index (Phi) is 6.99. The van der Waals surface area contributed by atoms with Crippen LogP contribution in [0.5, 0.6) is 5.75 Å². The van der Waals surface area contributed by atoms with Crippen molar-refractivity contribution in [1.29, 1.82) is 0 Å². The summed E-state index contributed by atoms with van der Waals surface area (Å²) in [6.45, 7) is 4.92. The number of benzene rings is 1. The zero-order valence-electron chi connectivity index (χ0n) is 17.0. The minimum Gasteiger partial charge on any atom is -0.486 e. The van der Waals surface area contributed by atoms with Gasteiger partial charge in [-0.1, -0.05) is 5.16 Å². The SMILES string of the molecule is CNCCOCCN1CCC2(CC1)CC(=NO)c1cc(NS(C)(=O)=O)ccc1O2. The van der Waals surface area contributed by atoms with Gasteiger partial charge in [0, 0.05) is 56.7 Å². The van der Waals surface area contributed by atoms with Crippen molar-refractivity contribution in [3.05, 3.63) is 23.8 Å². The molecule has 0 radical (unpaired) electrons. The van der Waals surface area contributed by atoms with Crippen molar-refractivity contribution in [2.24, 2.45) is 5.16 Å². The summed E-state index contributed by atoms with van der Waals surface area (Å²) in [5.41, 5.74) is 1.16. The van der Waals surface area contributed by atoms with Gasteiger partial charge in [-0.15, -0.1) is 0 Å². The summed E-state index contributed by atoms with van der Waals surface area (Å²) in [4.78, 5) is 2.36. The number of rotatable bonds is 8. The zero-order chi connectivity index (χ0) is 20.9. The third kappa shape index (κ3) is 5.81. The summed E-state index contributed by atoms with van der Waals surface area (Å²) in [5.74, 6) is 0.618. The molecule has 0 atom stereocenters. The molecular weight excluding hydrogens is 396 g/mol. The number of nitrogens with one attached hydrogen (secondary N) is 2. The summed E-state index contributed by atoms with van der Waals surface area (Å²) in [6.07, 6.45) is 3.24. The lowest BCUT2D eigenvalue weighted by Crippen LogP contribution is -2.51.